The number of nitrogens with one attached hydrogen (secondary N) is 1. The zero-order valence-electron chi connectivity index (χ0n) is 21.8. The van der Waals surface area contributed by atoms with Crippen molar-refractivity contribution in [3.8, 4) is 17.2 Å². The highest BCUT2D eigenvalue weighted by Crippen LogP contribution is 2.28. The number of anilines is 1. The number of carbonyl (C=O) groups is 3. The summed E-state index contributed by atoms with van der Waals surface area (Å²) >= 11 is 0. The van der Waals surface area contributed by atoms with Gasteiger partial charge in [-0.05, 0) is 73.7 Å². The van der Waals surface area contributed by atoms with E-state index < -0.39 is 18.0 Å². The third kappa shape index (κ3) is 9.70. The Balaban J connectivity index is 1.48. The van der Waals surface area contributed by atoms with Gasteiger partial charge in [-0.15, -0.1) is 0 Å². The van der Waals surface area contributed by atoms with E-state index in [0.717, 1.165) is 29.9 Å². The molecule has 0 saturated heterocycles. The highest BCUT2D eigenvalue weighted by Gasteiger charge is 2.20. The van der Waals surface area contributed by atoms with Gasteiger partial charge < -0.3 is 29.7 Å². The quantitative estimate of drug-likeness (QED) is 0.207. The molecule has 3 aromatic rings. The lowest BCUT2D eigenvalue weighted by molar-refractivity contribution is -0.145. The standard InChI is InChI=1S/C30H33NO8/c1-2-26(30(35)36)39-27-20-22(29(33)34)14-15-25(27)31-28(32)16-13-21-9-8-12-24(19-21)38-18-7-6-17-37-23-10-4-3-5-11-23/h3-5,8-12,14-15,19-20,26H,2,6-7,13,16-18H2,1H3,(H,31,32)(H,33,34)(H,35,36). The molecule has 39 heavy (non-hydrogen) atoms. The molecular formula is C30H33NO8. The Morgan fingerprint density at radius 2 is 1.54 bits per heavy atom. The Labute approximate surface area is 227 Å². The molecule has 1 atom stereocenters. The summed E-state index contributed by atoms with van der Waals surface area (Å²) in [7, 11) is 0. The maximum Gasteiger partial charge on any atom is 0.344 e. The van der Waals surface area contributed by atoms with Gasteiger partial charge in [-0.1, -0.05) is 37.3 Å². The minimum atomic E-state index is -1.19. The number of hydrogen-bond donors (Lipinski definition) is 3. The fraction of sp³-hybridized carbons (Fsp3) is 0.300. The molecule has 0 aliphatic heterocycles. The van der Waals surface area contributed by atoms with E-state index in [4.69, 9.17) is 14.2 Å². The number of aromatic carboxylic acids is 1. The highest BCUT2D eigenvalue weighted by atomic mass is 16.5. The molecule has 9 heteroatoms. The molecule has 0 aliphatic rings. The van der Waals surface area contributed by atoms with Crippen molar-refractivity contribution >= 4 is 23.5 Å². The van der Waals surface area contributed by atoms with Gasteiger partial charge in [0.1, 0.15) is 17.2 Å². The second-order valence-electron chi connectivity index (χ2n) is 8.78. The maximum atomic E-state index is 12.7. The lowest BCUT2D eigenvalue weighted by atomic mass is 10.1. The van der Waals surface area contributed by atoms with Crippen molar-refractivity contribution in [2.24, 2.45) is 0 Å². The third-order valence-corrected chi connectivity index (χ3v) is 5.78. The number of unbranched alkanes of at least 4 members (excludes halogenated alkanes) is 1. The molecule has 0 radical (unpaired) electrons. The van der Waals surface area contributed by atoms with Gasteiger partial charge in [-0.3, -0.25) is 4.79 Å². The fourth-order valence-electron chi connectivity index (χ4n) is 3.68. The topological polar surface area (TPSA) is 131 Å². The van der Waals surface area contributed by atoms with Gasteiger partial charge in [0.25, 0.3) is 0 Å². The lowest BCUT2D eigenvalue weighted by Crippen LogP contribution is -2.26. The van der Waals surface area contributed by atoms with Gasteiger partial charge >= 0.3 is 11.9 Å². The van der Waals surface area contributed by atoms with E-state index in [9.17, 15) is 24.6 Å². The van der Waals surface area contributed by atoms with Crippen LogP contribution in [0.2, 0.25) is 0 Å². The van der Waals surface area contributed by atoms with Gasteiger partial charge in [0, 0.05) is 6.42 Å². The Morgan fingerprint density at radius 3 is 2.21 bits per heavy atom. The summed E-state index contributed by atoms with van der Waals surface area (Å²) in [5.41, 5.74) is 1.05. The van der Waals surface area contributed by atoms with E-state index in [2.05, 4.69) is 5.32 Å². The minimum absolute atomic E-state index is 0.0120. The average Bonchev–Trinajstić information content (AvgIpc) is 2.93. The zero-order valence-corrected chi connectivity index (χ0v) is 21.8. The van der Waals surface area contributed by atoms with Gasteiger partial charge in [-0.25, -0.2) is 9.59 Å². The molecule has 0 aromatic heterocycles. The van der Waals surface area contributed by atoms with Gasteiger partial charge in [0.2, 0.25) is 5.91 Å². The number of rotatable bonds is 16. The molecule has 3 rings (SSSR count). The molecule has 1 unspecified atom stereocenters. The monoisotopic (exact) mass is 535 g/mol. The van der Waals surface area contributed by atoms with Crippen molar-refractivity contribution in [3.05, 3.63) is 83.9 Å². The van der Waals surface area contributed by atoms with Crippen molar-refractivity contribution in [3.63, 3.8) is 0 Å². The summed E-state index contributed by atoms with van der Waals surface area (Å²) < 4.78 is 17.0. The summed E-state index contributed by atoms with van der Waals surface area (Å²) in [4.78, 5) is 35.4. The second kappa shape index (κ2) is 15.0. The lowest BCUT2D eigenvalue weighted by Gasteiger charge is -2.17. The zero-order chi connectivity index (χ0) is 28.0. The van der Waals surface area contributed by atoms with Crippen molar-refractivity contribution in [1.82, 2.24) is 0 Å². The second-order valence-corrected chi connectivity index (χ2v) is 8.78. The first-order chi connectivity index (χ1) is 18.9. The first-order valence-corrected chi connectivity index (χ1v) is 12.8. The molecule has 9 nitrogen and oxygen atoms in total. The van der Waals surface area contributed by atoms with Crippen LogP contribution in [0.1, 0.15) is 48.5 Å². The SMILES string of the molecule is CCC(Oc1cc(C(=O)O)ccc1NC(=O)CCc1cccc(OCCCCOc2ccccc2)c1)C(=O)O. The van der Waals surface area contributed by atoms with Crippen LogP contribution in [0.3, 0.4) is 0 Å². The maximum absolute atomic E-state index is 12.7. The molecule has 3 N–H and O–H groups in total. The van der Waals surface area contributed by atoms with Crippen LogP contribution in [-0.4, -0.2) is 47.4 Å². The molecule has 206 valence electrons. The van der Waals surface area contributed by atoms with E-state index in [-0.39, 0.29) is 35.7 Å². The summed E-state index contributed by atoms with van der Waals surface area (Å²) in [6.45, 7) is 2.80. The number of carboxylic acids is 2. The normalized spacial score (nSPS) is 11.3. The predicted molar refractivity (Wildman–Crippen MR) is 146 cm³/mol. The molecule has 0 heterocycles. The number of aliphatic carboxylic acids is 1. The number of ether oxygens (including phenoxy) is 3. The Bertz CT molecular complexity index is 1240. The smallest absolute Gasteiger partial charge is 0.344 e. The molecule has 0 bridgehead atoms. The molecular weight excluding hydrogens is 502 g/mol. The number of carboxylic acid groups (broad SMARTS) is 2. The molecule has 1 amide bonds. The van der Waals surface area contributed by atoms with Crippen LogP contribution in [0.25, 0.3) is 0 Å². The van der Waals surface area contributed by atoms with Crippen molar-refractivity contribution in [2.45, 2.75) is 45.1 Å². The molecule has 0 saturated carbocycles. The average molecular weight is 536 g/mol. The summed E-state index contributed by atoms with van der Waals surface area (Å²) in [6.07, 6.45) is 1.29. The largest absolute Gasteiger partial charge is 0.494 e. The number of para-hydroxylation sites is 1. The summed E-state index contributed by atoms with van der Waals surface area (Å²) in [5, 5.41) is 21.3. The van der Waals surface area contributed by atoms with E-state index >= 15 is 0 Å². The fourth-order valence-corrected chi connectivity index (χ4v) is 3.68. The predicted octanol–water partition coefficient (Wildman–Crippen LogP) is 5.44. The number of benzene rings is 3. The number of hydrogen-bond acceptors (Lipinski definition) is 6. The van der Waals surface area contributed by atoms with Gasteiger partial charge in [0.05, 0.1) is 24.5 Å². The van der Waals surface area contributed by atoms with E-state index in [1.165, 1.54) is 18.2 Å². The number of aryl methyl sites for hydroxylation is 1. The number of carbonyl (C=O) groups excluding carboxylic acids is 1. The first-order valence-electron chi connectivity index (χ1n) is 12.8. The van der Waals surface area contributed by atoms with Crippen LogP contribution in [-0.2, 0) is 16.0 Å². The van der Waals surface area contributed by atoms with Crippen molar-refractivity contribution in [1.29, 1.82) is 0 Å². The van der Waals surface area contributed by atoms with E-state index in [1.54, 1.807) is 6.92 Å². The van der Waals surface area contributed by atoms with Crippen LogP contribution >= 0.6 is 0 Å². The number of amides is 1. The van der Waals surface area contributed by atoms with Crippen LogP contribution < -0.4 is 19.5 Å². The van der Waals surface area contributed by atoms with Gasteiger partial charge in [-0.2, -0.15) is 0 Å². The van der Waals surface area contributed by atoms with Crippen LogP contribution in [0.4, 0.5) is 5.69 Å². The minimum Gasteiger partial charge on any atom is -0.494 e. The molecule has 3 aromatic carbocycles. The molecule has 0 aliphatic carbocycles. The van der Waals surface area contributed by atoms with Crippen LogP contribution in [0.5, 0.6) is 17.2 Å². The van der Waals surface area contributed by atoms with Gasteiger partial charge in [0.15, 0.2) is 6.10 Å². The Hall–Kier alpha value is -4.53. The summed E-state index contributed by atoms with van der Waals surface area (Å²) in [5.74, 6) is -1.14. The molecule has 0 fully saturated rings. The van der Waals surface area contributed by atoms with E-state index in [1.807, 2.05) is 54.6 Å². The van der Waals surface area contributed by atoms with Crippen molar-refractivity contribution in [2.75, 3.05) is 18.5 Å². The van der Waals surface area contributed by atoms with Crippen LogP contribution in [0.15, 0.2) is 72.8 Å². The molecule has 0 spiro atoms. The van der Waals surface area contributed by atoms with Crippen molar-refractivity contribution < 1.29 is 38.8 Å². The van der Waals surface area contributed by atoms with Crippen LogP contribution in [0, 0.1) is 0 Å². The highest BCUT2D eigenvalue weighted by molar-refractivity contribution is 5.94. The van der Waals surface area contributed by atoms with E-state index in [0.29, 0.717) is 19.6 Å². The third-order valence-electron chi connectivity index (χ3n) is 5.78. The summed E-state index contributed by atoms with van der Waals surface area (Å²) in [6, 6.07) is 21.1. The Morgan fingerprint density at radius 1 is 0.846 bits per heavy atom. The Kier molecular flexibility index (Phi) is 11.2. The first kappa shape index (κ1) is 29.0.